The number of thiocarbonyl (C=S) groups is 1. The number of nitrogens with zero attached hydrogens (tertiary/aromatic N) is 3. The van der Waals surface area contributed by atoms with Gasteiger partial charge >= 0.3 is 0 Å². The van der Waals surface area contributed by atoms with Gasteiger partial charge in [-0.3, -0.25) is 14.4 Å². The molecule has 1 aliphatic heterocycles. The van der Waals surface area contributed by atoms with Crippen molar-refractivity contribution < 1.29 is 4.79 Å². The van der Waals surface area contributed by atoms with Crippen molar-refractivity contribution in [2.75, 3.05) is 4.90 Å². The molecule has 1 fully saturated rings. The van der Waals surface area contributed by atoms with Crippen LogP contribution in [0.1, 0.15) is 11.3 Å². The Bertz CT molecular complexity index is 763. The smallest absolute Gasteiger partial charge is 0.281 e. The third-order valence-corrected chi connectivity index (χ3v) is 3.57. The van der Waals surface area contributed by atoms with Gasteiger partial charge in [-0.05, 0) is 49.0 Å². The van der Waals surface area contributed by atoms with Crippen molar-refractivity contribution >= 4 is 35.0 Å². The number of anilines is 1. The van der Waals surface area contributed by atoms with Crippen LogP contribution in [0.15, 0.2) is 42.2 Å². The van der Waals surface area contributed by atoms with Gasteiger partial charge in [0.15, 0.2) is 5.11 Å². The molecule has 1 aromatic carbocycles. The molecular weight excluding hydrogens is 284 g/mol. The van der Waals surface area contributed by atoms with E-state index >= 15 is 0 Å². The molecule has 3 rings (SSSR count). The molecule has 2 heterocycles. The normalized spacial score (nSPS) is 16.7. The number of aryl methyl sites for hydroxylation is 2. The first-order valence-corrected chi connectivity index (χ1v) is 6.89. The number of nitrogens with one attached hydrogen (secondary N) is 1. The van der Waals surface area contributed by atoms with Crippen molar-refractivity contribution in [3.63, 3.8) is 0 Å². The molecule has 0 radical (unpaired) electrons. The van der Waals surface area contributed by atoms with E-state index < -0.39 is 0 Å². The third-order valence-electron chi connectivity index (χ3n) is 3.29. The van der Waals surface area contributed by atoms with Crippen LogP contribution in [0.2, 0.25) is 0 Å². The molecule has 1 aliphatic rings. The molecule has 1 saturated heterocycles. The lowest BCUT2D eigenvalue weighted by atomic mass is 10.2. The molecule has 2 aromatic rings. The minimum Gasteiger partial charge on any atom is -0.327 e. The van der Waals surface area contributed by atoms with Crippen LogP contribution in [0, 0.1) is 6.92 Å². The summed E-state index contributed by atoms with van der Waals surface area (Å²) in [6.45, 7) is 1.98. The van der Waals surface area contributed by atoms with Crippen molar-refractivity contribution in [2.45, 2.75) is 6.92 Å². The topological polar surface area (TPSA) is 50.2 Å². The van der Waals surface area contributed by atoms with Crippen molar-refractivity contribution in [3.05, 3.63) is 53.5 Å². The Kier molecular flexibility index (Phi) is 3.31. The van der Waals surface area contributed by atoms with Gasteiger partial charge in [0.05, 0.1) is 11.4 Å². The van der Waals surface area contributed by atoms with E-state index in [-0.39, 0.29) is 5.91 Å². The van der Waals surface area contributed by atoms with Crippen LogP contribution in [0.25, 0.3) is 6.08 Å². The number of carbonyl (C=O) groups is 1. The number of amides is 1. The van der Waals surface area contributed by atoms with Gasteiger partial charge in [-0.2, -0.15) is 5.10 Å². The van der Waals surface area contributed by atoms with E-state index in [0.29, 0.717) is 10.8 Å². The van der Waals surface area contributed by atoms with E-state index in [4.69, 9.17) is 12.2 Å². The Hall–Kier alpha value is -2.47. The minimum absolute atomic E-state index is 0.160. The van der Waals surface area contributed by atoms with Crippen LogP contribution in [0.5, 0.6) is 0 Å². The molecule has 106 valence electrons. The highest BCUT2D eigenvalue weighted by Gasteiger charge is 2.32. The first-order valence-electron chi connectivity index (χ1n) is 6.48. The lowest BCUT2D eigenvalue weighted by molar-refractivity contribution is -0.113. The first-order chi connectivity index (χ1) is 10.1. The van der Waals surface area contributed by atoms with Gasteiger partial charge in [0.25, 0.3) is 5.91 Å². The van der Waals surface area contributed by atoms with E-state index in [9.17, 15) is 4.79 Å². The van der Waals surface area contributed by atoms with Gasteiger partial charge < -0.3 is 5.32 Å². The number of rotatable bonds is 2. The van der Waals surface area contributed by atoms with Crippen LogP contribution >= 0.6 is 12.2 Å². The van der Waals surface area contributed by atoms with Crippen LogP contribution in [-0.4, -0.2) is 20.8 Å². The summed E-state index contributed by atoms with van der Waals surface area (Å²) in [5, 5.41) is 7.43. The molecule has 6 heteroatoms. The molecular formula is C15H14N4OS. The molecule has 21 heavy (non-hydrogen) atoms. The number of hydrogen-bond acceptors (Lipinski definition) is 3. The average Bonchev–Trinajstić information content (AvgIpc) is 2.95. The summed E-state index contributed by atoms with van der Waals surface area (Å²) < 4.78 is 1.69. The largest absolute Gasteiger partial charge is 0.327 e. The zero-order valence-electron chi connectivity index (χ0n) is 11.7. The molecule has 0 unspecified atom stereocenters. The summed E-state index contributed by atoms with van der Waals surface area (Å²) in [6.07, 6.45) is 3.43. The number of carbonyl (C=O) groups excluding carboxylic acids is 1. The summed E-state index contributed by atoms with van der Waals surface area (Å²) in [7, 11) is 1.82. The van der Waals surface area contributed by atoms with E-state index in [1.165, 1.54) is 4.90 Å². The Morgan fingerprint density at radius 2 is 2.14 bits per heavy atom. The molecule has 0 saturated carbocycles. The van der Waals surface area contributed by atoms with Gasteiger partial charge in [-0.1, -0.05) is 12.1 Å². The molecule has 0 atom stereocenters. The molecule has 1 amide bonds. The SMILES string of the molecule is Cc1cccc(N2C(=O)/C(=C\c3ccnn3C)NC2=S)c1. The third kappa shape index (κ3) is 2.45. The zero-order chi connectivity index (χ0) is 15.0. The Morgan fingerprint density at radius 1 is 1.33 bits per heavy atom. The maximum atomic E-state index is 12.5. The van der Waals surface area contributed by atoms with Gasteiger partial charge in [0.2, 0.25) is 0 Å². The lowest BCUT2D eigenvalue weighted by Gasteiger charge is -2.14. The maximum Gasteiger partial charge on any atom is 0.281 e. The second-order valence-electron chi connectivity index (χ2n) is 4.85. The predicted molar refractivity (Wildman–Crippen MR) is 85.6 cm³/mol. The molecule has 5 nitrogen and oxygen atoms in total. The van der Waals surface area contributed by atoms with Crippen molar-refractivity contribution in [1.29, 1.82) is 0 Å². The molecule has 0 bridgehead atoms. The zero-order valence-corrected chi connectivity index (χ0v) is 12.5. The second kappa shape index (κ2) is 5.14. The fraction of sp³-hybridized carbons (Fsp3) is 0.133. The summed E-state index contributed by atoms with van der Waals surface area (Å²) in [5.41, 5.74) is 3.13. The number of benzene rings is 1. The fourth-order valence-electron chi connectivity index (χ4n) is 2.21. The molecule has 0 spiro atoms. The standard InChI is InChI=1S/C15H14N4OS/c1-10-4-3-5-12(8-10)19-14(20)13(17-15(19)21)9-11-6-7-16-18(11)2/h3-9H,1-2H3,(H,17,21)/b13-9+. The van der Waals surface area contributed by atoms with Crippen LogP contribution in [-0.2, 0) is 11.8 Å². The number of aromatic nitrogens is 2. The van der Waals surface area contributed by atoms with Gasteiger partial charge in [0.1, 0.15) is 5.70 Å². The van der Waals surface area contributed by atoms with Crippen LogP contribution < -0.4 is 10.2 Å². The number of hydrogen-bond donors (Lipinski definition) is 1. The molecule has 1 aromatic heterocycles. The first kappa shape index (κ1) is 13.5. The van der Waals surface area contributed by atoms with E-state index in [0.717, 1.165) is 16.9 Å². The minimum atomic E-state index is -0.160. The summed E-state index contributed by atoms with van der Waals surface area (Å²) in [4.78, 5) is 14.0. The summed E-state index contributed by atoms with van der Waals surface area (Å²) in [5.74, 6) is -0.160. The lowest BCUT2D eigenvalue weighted by Crippen LogP contribution is -2.30. The van der Waals surface area contributed by atoms with Gasteiger partial charge in [-0.15, -0.1) is 0 Å². The second-order valence-corrected chi connectivity index (χ2v) is 5.23. The van der Waals surface area contributed by atoms with Gasteiger partial charge in [0, 0.05) is 13.2 Å². The molecule has 1 N–H and O–H groups in total. The van der Waals surface area contributed by atoms with E-state index in [2.05, 4.69) is 10.4 Å². The van der Waals surface area contributed by atoms with Crippen molar-refractivity contribution in [3.8, 4) is 0 Å². The highest BCUT2D eigenvalue weighted by atomic mass is 32.1. The van der Waals surface area contributed by atoms with Crippen molar-refractivity contribution in [1.82, 2.24) is 15.1 Å². The quantitative estimate of drug-likeness (QED) is 0.680. The van der Waals surface area contributed by atoms with E-state index in [1.807, 2.05) is 44.3 Å². The van der Waals surface area contributed by atoms with Crippen LogP contribution in [0.4, 0.5) is 5.69 Å². The Morgan fingerprint density at radius 3 is 2.81 bits per heavy atom. The monoisotopic (exact) mass is 298 g/mol. The average molecular weight is 298 g/mol. The Labute approximate surface area is 127 Å². The van der Waals surface area contributed by atoms with E-state index in [1.54, 1.807) is 17.0 Å². The maximum absolute atomic E-state index is 12.5. The predicted octanol–water partition coefficient (Wildman–Crippen LogP) is 1.99. The fourth-order valence-corrected chi connectivity index (χ4v) is 2.51. The summed E-state index contributed by atoms with van der Waals surface area (Å²) in [6, 6.07) is 9.52. The summed E-state index contributed by atoms with van der Waals surface area (Å²) >= 11 is 5.28. The van der Waals surface area contributed by atoms with Crippen LogP contribution in [0.3, 0.4) is 0 Å². The molecule has 0 aliphatic carbocycles. The van der Waals surface area contributed by atoms with Gasteiger partial charge in [-0.25, -0.2) is 0 Å². The Balaban J connectivity index is 1.96. The van der Waals surface area contributed by atoms with Crippen molar-refractivity contribution in [2.24, 2.45) is 7.05 Å². The highest BCUT2D eigenvalue weighted by Crippen LogP contribution is 2.23. The highest BCUT2D eigenvalue weighted by molar-refractivity contribution is 7.80.